The van der Waals surface area contributed by atoms with Gasteiger partial charge in [-0.05, 0) is 49.9 Å². The van der Waals surface area contributed by atoms with E-state index in [1.54, 1.807) is 54.8 Å². The zero-order chi connectivity index (χ0) is 29.5. The number of nitrogens with one attached hydrogen (secondary N) is 1. The fourth-order valence-corrected chi connectivity index (χ4v) is 5.26. The first kappa shape index (κ1) is 28.7. The Labute approximate surface area is 246 Å². The first-order valence-corrected chi connectivity index (χ1v) is 14.7. The predicted molar refractivity (Wildman–Crippen MR) is 158 cm³/mol. The number of nitrogens with zero attached hydrogens (tertiary/aromatic N) is 8. The number of methoxy groups -OCH3 is 1. The number of nitriles is 1. The summed E-state index contributed by atoms with van der Waals surface area (Å²) in [7, 11) is 4.05. The van der Waals surface area contributed by atoms with Crippen LogP contribution in [0.3, 0.4) is 0 Å². The van der Waals surface area contributed by atoms with Crippen molar-refractivity contribution in [2.24, 2.45) is 0 Å². The molecule has 4 aromatic rings. The van der Waals surface area contributed by atoms with E-state index in [2.05, 4.69) is 43.4 Å². The third-order valence-electron chi connectivity index (χ3n) is 6.88. The van der Waals surface area contributed by atoms with Crippen LogP contribution in [0, 0.1) is 11.3 Å². The maximum atomic E-state index is 13.0. The van der Waals surface area contributed by atoms with Gasteiger partial charge >= 0.3 is 0 Å². The lowest BCUT2D eigenvalue weighted by Crippen LogP contribution is -2.47. The summed E-state index contributed by atoms with van der Waals surface area (Å²) < 4.78 is 13.4. The Bertz CT molecular complexity index is 1550. The fourth-order valence-electron chi connectivity index (χ4n) is 4.44. The minimum Gasteiger partial charge on any atom is -0.495 e. The highest BCUT2D eigenvalue weighted by atomic mass is 28.2. The van der Waals surface area contributed by atoms with Crippen molar-refractivity contribution < 1.29 is 14.3 Å². The average Bonchev–Trinajstić information content (AvgIpc) is 3.54. The molecular formula is C29H31N9O3Si. The molecule has 42 heavy (non-hydrogen) atoms. The summed E-state index contributed by atoms with van der Waals surface area (Å²) in [6.07, 6.45) is 7.26. The summed E-state index contributed by atoms with van der Waals surface area (Å²) in [4.78, 5) is 30.0. The van der Waals surface area contributed by atoms with Gasteiger partial charge in [0.15, 0.2) is 0 Å². The van der Waals surface area contributed by atoms with Gasteiger partial charge < -0.3 is 24.6 Å². The van der Waals surface area contributed by atoms with Crippen LogP contribution in [-0.4, -0.2) is 96.0 Å². The number of hydrogen-bond donors (Lipinski definition) is 1. The molecule has 2 radical (unpaired) electrons. The molecule has 0 bridgehead atoms. The smallest absolute Gasteiger partial charge is 0.254 e. The van der Waals surface area contributed by atoms with Crippen molar-refractivity contribution in [3.63, 3.8) is 0 Å². The Morgan fingerprint density at radius 2 is 1.88 bits per heavy atom. The molecule has 3 heterocycles. The first-order chi connectivity index (χ1) is 20.4. The van der Waals surface area contributed by atoms with E-state index >= 15 is 0 Å². The predicted octanol–water partition coefficient (Wildman–Crippen LogP) is 2.83. The maximum absolute atomic E-state index is 13.0. The number of amides is 1. The third kappa shape index (κ3) is 6.91. The summed E-state index contributed by atoms with van der Waals surface area (Å²) in [5.74, 6) is 1.40. The maximum Gasteiger partial charge on any atom is 0.254 e. The number of hydrogen-bond acceptors (Lipinski definition) is 10. The Morgan fingerprint density at radius 3 is 2.57 bits per heavy atom. The van der Waals surface area contributed by atoms with Gasteiger partial charge in [-0.2, -0.15) is 10.4 Å². The molecule has 2 aromatic carbocycles. The minimum atomic E-state index is -0.113. The molecule has 1 saturated heterocycles. The Morgan fingerprint density at radius 1 is 1.10 bits per heavy atom. The number of carbonyl (C=O) groups is 1. The Hall–Kier alpha value is -4.80. The molecule has 2 aromatic heterocycles. The third-order valence-corrected chi connectivity index (χ3v) is 8.08. The second-order valence-electron chi connectivity index (χ2n) is 9.81. The molecule has 5 rings (SSSR count). The van der Waals surface area contributed by atoms with E-state index in [4.69, 9.17) is 9.47 Å². The van der Waals surface area contributed by atoms with Crippen molar-refractivity contribution in [3.05, 3.63) is 72.6 Å². The summed E-state index contributed by atoms with van der Waals surface area (Å²) in [6.45, 7) is 5.09. The van der Waals surface area contributed by atoms with Crippen LogP contribution < -0.4 is 14.8 Å². The monoisotopic (exact) mass is 581 g/mol. The van der Waals surface area contributed by atoms with Crippen LogP contribution in [0.2, 0.25) is 0 Å². The van der Waals surface area contributed by atoms with Crippen LogP contribution >= 0.6 is 0 Å². The normalized spacial score (nSPS) is 14.2. The van der Waals surface area contributed by atoms with Crippen LogP contribution in [0.4, 0.5) is 11.6 Å². The van der Waals surface area contributed by atoms with Crippen molar-refractivity contribution in [1.29, 1.82) is 5.26 Å². The molecule has 0 aliphatic carbocycles. The van der Waals surface area contributed by atoms with Gasteiger partial charge in [0.1, 0.15) is 39.7 Å². The molecule has 1 aliphatic heterocycles. The molecule has 214 valence electrons. The van der Waals surface area contributed by atoms with Crippen LogP contribution in [0.15, 0.2) is 61.4 Å². The topological polar surface area (TPSA) is 134 Å². The molecule has 0 saturated carbocycles. The molecule has 1 aliphatic rings. The highest BCUT2D eigenvalue weighted by Gasteiger charge is 2.21. The summed E-state index contributed by atoms with van der Waals surface area (Å²) in [5, 5.41) is 16.9. The summed E-state index contributed by atoms with van der Waals surface area (Å²) in [6, 6.07) is 12.9. The molecule has 0 spiro atoms. The second kappa shape index (κ2) is 13.2. The SMILES string of the molecule is COc1cc(C(=O)N2CCN(C)CC2)ccc1Nc1ncc(-c2ccc(C#N)c(O[C@@H](C)[Si]Cn3cncn3)c2)cn1. The van der Waals surface area contributed by atoms with E-state index in [9.17, 15) is 10.1 Å². The summed E-state index contributed by atoms with van der Waals surface area (Å²) >= 11 is 0. The lowest BCUT2D eigenvalue weighted by Gasteiger charge is -2.32. The molecule has 13 heteroatoms. The van der Waals surface area contributed by atoms with Gasteiger partial charge in [0.05, 0.1) is 24.1 Å². The Balaban J connectivity index is 1.26. The molecule has 1 atom stereocenters. The van der Waals surface area contributed by atoms with Crippen molar-refractivity contribution in [2.75, 3.05) is 45.7 Å². The largest absolute Gasteiger partial charge is 0.495 e. The number of carbonyl (C=O) groups excluding carboxylic acids is 1. The number of anilines is 2. The van der Waals surface area contributed by atoms with E-state index in [-0.39, 0.29) is 11.6 Å². The van der Waals surface area contributed by atoms with Crippen molar-refractivity contribution in [3.8, 4) is 28.7 Å². The van der Waals surface area contributed by atoms with E-state index in [1.165, 1.54) is 6.33 Å². The van der Waals surface area contributed by atoms with Gasteiger partial charge in [0.25, 0.3) is 5.91 Å². The van der Waals surface area contributed by atoms with E-state index in [1.807, 2.05) is 24.0 Å². The number of piperazine rings is 1. The van der Waals surface area contributed by atoms with Crippen LogP contribution in [0.5, 0.6) is 11.5 Å². The number of likely N-dealkylation sites (N-methyl/N-ethyl adjacent to an activating group) is 1. The van der Waals surface area contributed by atoms with E-state index in [0.29, 0.717) is 63.0 Å². The van der Waals surface area contributed by atoms with Crippen LogP contribution in [0.1, 0.15) is 22.8 Å². The zero-order valence-corrected chi connectivity index (χ0v) is 24.7. The van der Waals surface area contributed by atoms with Crippen molar-refractivity contribution >= 4 is 27.1 Å². The minimum absolute atomic E-state index is 0.00983. The van der Waals surface area contributed by atoms with E-state index in [0.717, 1.165) is 24.2 Å². The highest BCUT2D eigenvalue weighted by Crippen LogP contribution is 2.30. The lowest BCUT2D eigenvalue weighted by atomic mass is 10.1. The van der Waals surface area contributed by atoms with Crippen molar-refractivity contribution in [2.45, 2.75) is 18.8 Å². The van der Waals surface area contributed by atoms with Crippen LogP contribution in [-0.2, 0) is 6.17 Å². The van der Waals surface area contributed by atoms with Gasteiger partial charge in [-0.1, -0.05) is 6.07 Å². The van der Waals surface area contributed by atoms with Gasteiger partial charge in [-0.25, -0.2) is 15.0 Å². The second-order valence-corrected chi connectivity index (χ2v) is 11.3. The van der Waals surface area contributed by atoms with Crippen LogP contribution in [0.25, 0.3) is 11.1 Å². The number of ether oxygens (including phenoxy) is 2. The van der Waals surface area contributed by atoms with Gasteiger partial charge in [-0.15, -0.1) is 0 Å². The highest BCUT2D eigenvalue weighted by molar-refractivity contribution is 6.35. The number of aromatic nitrogens is 5. The number of benzene rings is 2. The fraction of sp³-hybridized carbons (Fsp3) is 0.310. The first-order valence-electron chi connectivity index (χ1n) is 13.5. The van der Waals surface area contributed by atoms with Crippen molar-refractivity contribution in [1.82, 2.24) is 34.5 Å². The molecule has 1 amide bonds. The van der Waals surface area contributed by atoms with Gasteiger partial charge in [0, 0.05) is 55.9 Å². The standard InChI is InChI=1S/C29H31N9O3Si/c1-20(42-19-38-18-31-17-34-38)41-26-12-21(4-5-23(26)14-30)24-15-32-29(33-16-24)35-25-7-6-22(13-27(25)40-3)28(39)37-10-8-36(2)9-11-37/h4-7,12-13,15-18,20H,8-11,19H2,1-3H3,(H,32,33,35)/t20-/m1/s1. The van der Waals surface area contributed by atoms with Gasteiger partial charge in [-0.3, -0.25) is 9.48 Å². The lowest BCUT2D eigenvalue weighted by molar-refractivity contribution is 0.0664. The van der Waals surface area contributed by atoms with E-state index < -0.39 is 0 Å². The number of rotatable bonds is 10. The zero-order valence-electron chi connectivity index (χ0n) is 23.7. The molecule has 1 N–H and O–H groups in total. The summed E-state index contributed by atoms with van der Waals surface area (Å²) in [5.41, 5.74) is 3.16. The molecule has 12 nitrogen and oxygen atoms in total. The molecular weight excluding hydrogens is 550 g/mol. The average molecular weight is 582 g/mol. The molecule has 1 fully saturated rings. The Kier molecular flexibility index (Phi) is 9.05. The molecule has 0 unspecified atom stereocenters. The van der Waals surface area contributed by atoms with Gasteiger partial charge in [0.2, 0.25) is 5.95 Å². The quantitative estimate of drug-likeness (QED) is 0.279.